The summed E-state index contributed by atoms with van der Waals surface area (Å²) in [5.41, 5.74) is 21.1. The summed E-state index contributed by atoms with van der Waals surface area (Å²) in [6.07, 6.45) is 0. The van der Waals surface area contributed by atoms with E-state index >= 15 is 0 Å². The van der Waals surface area contributed by atoms with Gasteiger partial charge in [-0.3, -0.25) is 0 Å². The predicted octanol–water partition coefficient (Wildman–Crippen LogP) is 18.3. The standard InChI is InChI=1S/C66H46N2/c1-5-17-47(18-6-1)50-35-41-56(42-36-50)67(57-43-37-51(38-44-57)48-19-7-2-8-20-48)58-45-39-52(40-46-58)49-31-33-55(34-32-49)59-25-13-14-29-63(59)68-64-30-16-26-60(53-21-9-3-10-22-53)65(64)62-28-15-27-61(66(62)68)54-23-11-4-12-24-54/h1-46H. The first-order valence-electron chi connectivity index (χ1n) is 23.3. The van der Waals surface area contributed by atoms with E-state index in [1.165, 1.54) is 77.4 Å². The Labute approximate surface area is 397 Å². The predicted molar refractivity (Wildman–Crippen MR) is 288 cm³/mol. The molecule has 0 aliphatic carbocycles. The van der Waals surface area contributed by atoms with Crippen LogP contribution >= 0.6 is 0 Å². The van der Waals surface area contributed by atoms with E-state index in [1.54, 1.807) is 0 Å². The monoisotopic (exact) mass is 866 g/mol. The summed E-state index contributed by atoms with van der Waals surface area (Å²) in [6, 6.07) is 101. The van der Waals surface area contributed by atoms with Gasteiger partial charge in [0.25, 0.3) is 0 Å². The lowest BCUT2D eigenvalue weighted by molar-refractivity contribution is 1.18. The zero-order chi connectivity index (χ0) is 45.2. The van der Waals surface area contributed by atoms with Gasteiger partial charge in [-0.05, 0) is 104 Å². The molecular formula is C66H46N2. The normalized spacial score (nSPS) is 11.2. The number of rotatable bonds is 10. The lowest BCUT2D eigenvalue weighted by atomic mass is 9.97. The van der Waals surface area contributed by atoms with E-state index in [0.29, 0.717) is 0 Å². The summed E-state index contributed by atoms with van der Waals surface area (Å²) < 4.78 is 2.50. The van der Waals surface area contributed by atoms with E-state index in [9.17, 15) is 0 Å². The summed E-state index contributed by atoms with van der Waals surface area (Å²) in [5, 5.41) is 2.49. The van der Waals surface area contributed by atoms with E-state index < -0.39 is 0 Å². The second-order valence-electron chi connectivity index (χ2n) is 17.3. The number of hydrogen-bond donors (Lipinski definition) is 0. The fourth-order valence-corrected chi connectivity index (χ4v) is 9.95. The number of benzene rings is 11. The third-order valence-electron chi connectivity index (χ3n) is 13.2. The largest absolute Gasteiger partial charge is 0.311 e. The van der Waals surface area contributed by atoms with Crippen LogP contribution in [0, 0.1) is 0 Å². The van der Waals surface area contributed by atoms with Crippen LogP contribution in [0.2, 0.25) is 0 Å². The zero-order valence-corrected chi connectivity index (χ0v) is 37.5. The van der Waals surface area contributed by atoms with E-state index in [2.05, 4.69) is 289 Å². The molecule has 2 nitrogen and oxygen atoms in total. The molecule has 0 unspecified atom stereocenters. The maximum atomic E-state index is 2.50. The van der Waals surface area contributed by atoms with E-state index in [0.717, 1.165) is 33.9 Å². The van der Waals surface area contributed by atoms with Crippen LogP contribution in [0.25, 0.3) is 94.3 Å². The number of para-hydroxylation sites is 2. The molecule has 0 spiro atoms. The van der Waals surface area contributed by atoms with Crippen LogP contribution < -0.4 is 4.90 Å². The molecular weight excluding hydrogens is 821 g/mol. The van der Waals surface area contributed by atoms with Gasteiger partial charge in [-0.1, -0.05) is 231 Å². The summed E-state index contributed by atoms with van der Waals surface area (Å²) in [5.74, 6) is 0. The minimum Gasteiger partial charge on any atom is -0.311 e. The van der Waals surface area contributed by atoms with Gasteiger partial charge in [0.05, 0.1) is 16.7 Å². The Morgan fingerprint density at radius 3 is 1.07 bits per heavy atom. The van der Waals surface area contributed by atoms with Crippen molar-refractivity contribution in [2.24, 2.45) is 0 Å². The average Bonchev–Trinajstić information content (AvgIpc) is 3.77. The summed E-state index contributed by atoms with van der Waals surface area (Å²) in [7, 11) is 0. The van der Waals surface area contributed by atoms with E-state index in [1.807, 2.05) is 0 Å². The SMILES string of the molecule is c1ccc(-c2ccc(N(c3ccc(-c4ccccc4)cc3)c3ccc(-c4ccc(-c5ccccc5-n5c6cccc(-c7ccccc7)c6c6cccc(-c7ccccc7)c65)cc4)cc3)cc2)cc1. The highest BCUT2D eigenvalue weighted by Gasteiger charge is 2.21. The first-order valence-corrected chi connectivity index (χ1v) is 23.3. The molecule has 0 aliphatic heterocycles. The number of nitrogens with zero attached hydrogens (tertiary/aromatic N) is 2. The fraction of sp³-hybridized carbons (Fsp3) is 0. The molecule has 0 saturated heterocycles. The first-order chi connectivity index (χ1) is 33.7. The Hall–Kier alpha value is -8.98. The minimum atomic E-state index is 1.09. The molecule has 0 fully saturated rings. The number of fused-ring (bicyclic) bond motifs is 3. The second-order valence-corrected chi connectivity index (χ2v) is 17.3. The third kappa shape index (κ3) is 7.54. The van der Waals surface area contributed by atoms with Crippen LogP contribution in [-0.2, 0) is 0 Å². The van der Waals surface area contributed by atoms with Crippen molar-refractivity contribution in [2.75, 3.05) is 4.90 Å². The lowest BCUT2D eigenvalue weighted by Crippen LogP contribution is -2.09. The topological polar surface area (TPSA) is 8.17 Å². The lowest BCUT2D eigenvalue weighted by Gasteiger charge is -2.26. The molecule has 1 aromatic heterocycles. The van der Waals surface area contributed by atoms with Crippen molar-refractivity contribution in [3.8, 4) is 72.4 Å². The molecule has 12 aromatic rings. The van der Waals surface area contributed by atoms with Gasteiger partial charge < -0.3 is 9.47 Å². The second kappa shape index (κ2) is 17.8. The van der Waals surface area contributed by atoms with Gasteiger partial charge in [0, 0.05) is 39.0 Å². The average molecular weight is 867 g/mol. The van der Waals surface area contributed by atoms with E-state index in [-0.39, 0.29) is 0 Å². The molecule has 0 aliphatic rings. The van der Waals surface area contributed by atoms with Crippen molar-refractivity contribution < 1.29 is 0 Å². The van der Waals surface area contributed by atoms with Crippen LogP contribution in [0.5, 0.6) is 0 Å². The van der Waals surface area contributed by atoms with Crippen molar-refractivity contribution >= 4 is 38.9 Å². The highest BCUT2D eigenvalue weighted by molar-refractivity contribution is 6.19. The molecule has 0 saturated carbocycles. The Balaban J connectivity index is 0.914. The minimum absolute atomic E-state index is 1.09. The van der Waals surface area contributed by atoms with Gasteiger partial charge >= 0.3 is 0 Å². The van der Waals surface area contributed by atoms with Gasteiger partial charge in [0.15, 0.2) is 0 Å². The molecule has 0 bridgehead atoms. The van der Waals surface area contributed by atoms with Crippen molar-refractivity contribution in [3.63, 3.8) is 0 Å². The molecule has 0 atom stereocenters. The number of aromatic nitrogens is 1. The molecule has 0 N–H and O–H groups in total. The maximum Gasteiger partial charge on any atom is 0.0619 e. The Morgan fingerprint density at radius 1 is 0.235 bits per heavy atom. The smallest absolute Gasteiger partial charge is 0.0619 e. The van der Waals surface area contributed by atoms with Crippen LogP contribution in [0.1, 0.15) is 0 Å². The summed E-state index contributed by atoms with van der Waals surface area (Å²) >= 11 is 0. The number of hydrogen-bond acceptors (Lipinski definition) is 1. The number of anilines is 3. The molecule has 320 valence electrons. The van der Waals surface area contributed by atoms with Crippen molar-refractivity contribution in [1.82, 2.24) is 4.57 Å². The Kier molecular flexibility index (Phi) is 10.6. The zero-order valence-electron chi connectivity index (χ0n) is 37.5. The van der Waals surface area contributed by atoms with Crippen LogP contribution in [0.3, 0.4) is 0 Å². The third-order valence-corrected chi connectivity index (χ3v) is 13.2. The fourth-order valence-electron chi connectivity index (χ4n) is 9.95. The Morgan fingerprint density at radius 2 is 0.574 bits per heavy atom. The molecule has 0 amide bonds. The Bertz CT molecular complexity index is 3570. The molecule has 2 heteroatoms. The molecule has 0 radical (unpaired) electrons. The van der Waals surface area contributed by atoms with Gasteiger partial charge in [-0.25, -0.2) is 0 Å². The highest BCUT2D eigenvalue weighted by Crippen LogP contribution is 2.44. The van der Waals surface area contributed by atoms with Crippen LogP contribution in [-0.4, -0.2) is 4.57 Å². The molecule has 11 aromatic carbocycles. The van der Waals surface area contributed by atoms with Gasteiger partial charge in [0.1, 0.15) is 0 Å². The van der Waals surface area contributed by atoms with Crippen molar-refractivity contribution in [2.45, 2.75) is 0 Å². The van der Waals surface area contributed by atoms with E-state index in [4.69, 9.17) is 0 Å². The molecule has 68 heavy (non-hydrogen) atoms. The van der Waals surface area contributed by atoms with Gasteiger partial charge in [-0.2, -0.15) is 0 Å². The van der Waals surface area contributed by atoms with Crippen LogP contribution in [0.4, 0.5) is 17.1 Å². The molecule has 12 rings (SSSR count). The maximum absolute atomic E-state index is 2.50. The van der Waals surface area contributed by atoms with Gasteiger partial charge in [-0.15, -0.1) is 0 Å². The summed E-state index contributed by atoms with van der Waals surface area (Å²) in [6.45, 7) is 0. The first kappa shape index (κ1) is 40.5. The quantitative estimate of drug-likeness (QED) is 0.133. The highest BCUT2D eigenvalue weighted by atomic mass is 15.1. The van der Waals surface area contributed by atoms with Crippen LogP contribution in [0.15, 0.2) is 279 Å². The van der Waals surface area contributed by atoms with Gasteiger partial charge in [0.2, 0.25) is 0 Å². The van der Waals surface area contributed by atoms with Crippen molar-refractivity contribution in [1.29, 1.82) is 0 Å². The van der Waals surface area contributed by atoms with Crippen molar-refractivity contribution in [3.05, 3.63) is 279 Å². The summed E-state index contributed by atoms with van der Waals surface area (Å²) in [4.78, 5) is 2.34. The molecule has 1 heterocycles.